The molecular weight excluding hydrogens is 358 g/mol. The van der Waals surface area contributed by atoms with Crippen LogP contribution in [0.1, 0.15) is 34.8 Å². The first-order chi connectivity index (χ1) is 11.5. The Kier molecular flexibility index (Phi) is 5.08. The largest absolute Gasteiger partial charge is 0.391 e. The summed E-state index contributed by atoms with van der Waals surface area (Å²) in [5, 5.41) is 16.0. The lowest BCUT2D eigenvalue weighted by molar-refractivity contribution is 0.0821. The van der Waals surface area contributed by atoms with E-state index < -0.39 is 23.2 Å². The number of rotatable bonds is 3. The highest BCUT2D eigenvalue weighted by Crippen LogP contribution is 2.38. The molecule has 2 N–H and O–H groups in total. The number of aliphatic hydroxyl groups excluding tert-OH is 1. The first-order valence-electron chi connectivity index (χ1n) is 7.44. The number of hydrogen-bond acceptors (Lipinski definition) is 4. The number of nitrogens with zero attached hydrogens (tertiary/aromatic N) is 1. The second-order valence-corrected chi connectivity index (χ2v) is 6.73. The van der Waals surface area contributed by atoms with Crippen LogP contribution in [0.5, 0.6) is 0 Å². The quantitative estimate of drug-likeness (QED) is 0.811. The molecule has 24 heavy (non-hydrogen) atoms. The van der Waals surface area contributed by atoms with Crippen LogP contribution in [0.2, 0.25) is 5.02 Å². The second-order valence-electron chi connectivity index (χ2n) is 5.82. The minimum Gasteiger partial charge on any atom is -0.391 e. The Hall–Kier alpha value is -1.63. The van der Waals surface area contributed by atoms with Crippen LogP contribution in [0, 0.1) is 5.82 Å². The number of halogens is 3. The van der Waals surface area contributed by atoms with E-state index in [1.165, 1.54) is 24.5 Å². The van der Waals surface area contributed by atoms with Gasteiger partial charge in [-0.05, 0) is 30.5 Å². The fourth-order valence-electron chi connectivity index (χ4n) is 2.99. The Morgan fingerprint density at radius 1 is 1.38 bits per heavy atom. The first-order valence-corrected chi connectivity index (χ1v) is 8.25. The summed E-state index contributed by atoms with van der Waals surface area (Å²) < 4.78 is 18.4. The molecule has 0 bridgehead atoms. The average Bonchev–Trinajstić information content (AvgIpc) is 3.08. The van der Waals surface area contributed by atoms with E-state index in [1.54, 1.807) is 6.07 Å². The van der Waals surface area contributed by atoms with Crippen molar-refractivity contribution < 1.29 is 18.8 Å². The van der Waals surface area contributed by atoms with Crippen molar-refractivity contribution in [1.82, 2.24) is 10.5 Å². The third kappa shape index (κ3) is 3.55. The van der Waals surface area contributed by atoms with Gasteiger partial charge in [0.25, 0.3) is 5.91 Å². The third-order valence-electron chi connectivity index (χ3n) is 4.19. The molecule has 4 atom stereocenters. The van der Waals surface area contributed by atoms with Crippen molar-refractivity contribution in [2.45, 2.75) is 36.3 Å². The predicted octanol–water partition coefficient (Wildman–Crippen LogP) is 3.11. The summed E-state index contributed by atoms with van der Waals surface area (Å²) in [6.45, 7) is 0. The SMILES string of the molecule is O=C(N[C@@H]1CC(c2ccc(Cl)c(F)c2)C(Cl)[C@@H](O)C1)c1ccon1. The molecule has 1 aliphatic rings. The molecule has 0 radical (unpaired) electrons. The zero-order valence-corrected chi connectivity index (χ0v) is 14.0. The molecule has 0 aliphatic heterocycles. The van der Waals surface area contributed by atoms with Crippen LogP contribution in [0.3, 0.4) is 0 Å². The fourth-order valence-corrected chi connectivity index (χ4v) is 3.46. The molecule has 2 unspecified atom stereocenters. The van der Waals surface area contributed by atoms with Gasteiger partial charge in [-0.25, -0.2) is 4.39 Å². The van der Waals surface area contributed by atoms with Crippen molar-refractivity contribution >= 4 is 29.1 Å². The smallest absolute Gasteiger partial charge is 0.273 e. The number of hydrogen-bond donors (Lipinski definition) is 2. The topological polar surface area (TPSA) is 75.4 Å². The van der Waals surface area contributed by atoms with Crippen molar-refractivity contribution in [3.8, 4) is 0 Å². The normalized spacial score (nSPS) is 27.0. The molecule has 1 aromatic heterocycles. The summed E-state index contributed by atoms with van der Waals surface area (Å²) >= 11 is 12.0. The molecule has 128 valence electrons. The summed E-state index contributed by atoms with van der Waals surface area (Å²) in [5.41, 5.74) is 0.794. The van der Waals surface area contributed by atoms with E-state index in [4.69, 9.17) is 23.2 Å². The van der Waals surface area contributed by atoms with Crippen molar-refractivity contribution in [3.63, 3.8) is 0 Å². The molecule has 0 spiro atoms. The fraction of sp³-hybridized carbons (Fsp3) is 0.375. The number of nitrogens with one attached hydrogen (secondary N) is 1. The van der Waals surface area contributed by atoms with E-state index in [9.17, 15) is 14.3 Å². The minimum absolute atomic E-state index is 0.0251. The van der Waals surface area contributed by atoms with Crippen LogP contribution in [0.25, 0.3) is 0 Å². The van der Waals surface area contributed by atoms with Gasteiger partial charge in [0, 0.05) is 18.0 Å². The molecule has 3 rings (SSSR count). The van der Waals surface area contributed by atoms with E-state index in [1.807, 2.05) is 0 Å². The Morgan fingerprint density at radius 2 is 2.17 bits per heavy atom. The molecule has 8 heteroatoms. The molecule has 1 heterocycles. The number of aliphatic hydroxyl groups is 1. The van der Waals surface area contributed by atoms with Gasteiger partial charge in [0.2, 0.25) is 0 Å². The Labute approximate surface area is 147 Å². The number of amides is 1. The minimum atomic E-state index is -0.827. The summed E-state index contributed by atoms with van der Waals surface area (Å²) in [6.07, 6.45) is 1.26. The van der Waals surface area contributed by atoms with Crippen LogP contribution in [-0.4, -0.2) is 33.7 Å². The molecule has 1 saturated carbocycles. The maximum absolute atomic E-state index is 13.7. The maximum Gasteiger partial charge on any atom is 0.273 e. The second kappa shape index (κ2) is 7.09. The maximum atomic E-state index is 13.7. The van der Waals surface area contributed by atoms with Gasteiger partial charge in [-0.3, -0.25) is 4.79 Å². The van der Waals surface area contributed by atoms with Crippen LogP contribution < -0.4 is 5.32 Å². The zero-order valence-electron chi connectivity index (χ0n) is 12.5. The van der Waals surface area contributed by atoms with Gasteiger partial charge in [-0.2, -0.15) is 0 Å². The third-order valence-corrected chi connectivity index (χ3v) is 5.10. The van der Waals surface area contributed by atoms with Crippen molar-refractivity contribution in [3.05, 3.63) is 52.6 Å². The molecular formula is C16H15Cl2FN2O3. The summed E-state index contributed by atoms with van der Waals surface area (Å²) in [7, 11) is 0. The number of aromatic nitrogens is 1. The highest BCUT2D eigenvalue weighted by molar-refractivity contribution is 6.30. The summed E-state index contributed by atoms with van der Waals surface area (Å²) in [5.74, 6) is -1.25. The lowest BCUT2D eigenvalue weighted by Crippen LogP contribution is -2.46. The van der Waals surface area contributed by atoms with Gasteiger partial charge in [0.1, 0.15) is 12.1 Å². The molecule has 2 aromatic rings. The van der Waals surface area contributed by atoms with Crippen molar-refractivity contribution in [2.75, 3.05) is 0 Å². The van der Waals surface area contributed by atoms with Crippen LogP contribution >= 0.6 is 23.2 Å². The highest BCUT2D eigenvalue weighted by Gasteiger charge is 2.37. The molecule has 5 nitrogen and oxygen atoms in total. The highest BCUT2D eigenvalue weighted by atomic mass is 35.5. The van der Waals surface area contributed by atoms with Gasteiger partial charge in [0.15, 0.2) is 5.69 Å². The zero-order chi connectivity index (χ0) is 17.3. The van der Waals surface area contributed by atoms with Crippen LogP contribution in [0.4, 0.5) is 4.39 Å². The summed E-state index contributed by atoms with van der Waals surface area (Å²) in [4.78, 5) is 12.1. The van der Waals surface area contributed by atoms with Gasteiger partial charge in [0.05, 0.1) is 16.5 Å². The van der Waals surface area contributed by atoms with Crippen LogP contribution in [-0.2, 0) is 0 Å². The van der Waals surface area contributed by atoms with E-state index in [0.29, 0.717) is 18.4 Å². The van der Waals surface area contributed by atoms with E-state index in [2.05, 4.69) is 15.0 Å². The lowest BCUT2D eigenvalue weighted by atomic mass is 9.79. The van der Waals surface area contributed by atoms with Crippen LogP contribution in [0.15, 0.2) is 35.1 Å². The van der Waals surface area contributed by atoms with E-state index in [0.717, 1.165) is 0 Å². The van der Waals surface area contributed by atoms with Crippen molar-refractivity contribution in [2.24, 2.45) is 0 Å². The molecule has 0 saturated heterocycles. The Balaban J connectivity index is 1.77. The first kappa shape index (κ1) is 17.2. The molecule has 1 aromatic carbocycles. The van der Waals surface area contributed by atoms with Gasteiger partial charge < -0.3 is 14.9 Å². The Morgan fingerprint density at radius 3 is 2.83 bits per heavy atom. The van der Waals surface area contributed by atoms with E-state index >= 15 is 0 Å². The summed E-state index contributed by atoms with van der Waals surface area (Å²) in [6, 6.07) is 5.59. The average molecular weight is 373 g/mol. The number of alkyl halides is 1. The number of benzene rings is 1. The monoisotopic (exact) mass is 372 g/mol. The van der Waals surface area contributed by atoms with Gasteiger partial charge >= 0.3 is 0 Å². The number of carbonyl (C=O) groups excluding carboxylic acids is 1. The van der Waals surface area contributed by atoms with Gasteiger partial charge in [-0.15, -0.1) is 11.6 Å². The van der Waals surface area contributed by atoms with E-state index in [-0.39, 0.29) is 22.7 Å². The standard InChI is InChI=1S/C16H15Cl2FN2O3/c17-11-2-1-8(5-12(11)19)10-6-9(7-14(22)15(10)18)20-16(23)13-3-4-24-21-13/h1-5,9-10,14-15,22H,6-7H2,(H,20,23)/t9-,10?,14+,15?/m1/s1. The number of carbonyl (C=O) groups is 1. The molecule has 1 amide bonds. The van der Waals surface area contributed by atoms with Crippen molar-refractivity contribution in [1.29, 1.82) is 0 Å². The Bertz CT molecular complexity index is 726. The van der Waals surface area contributed by atoms with Gasteiger partial charge in [-0.1, -0.05) is 22.8 Å². The molecule has 1 aliphatic carbocycles. The molecule has 1 fully saturated rings. The predicted molar refractivity (Wildman–Crippen MR) is 86.8 cm³/mol. The lowest BCUT2D eigenvalue weighted by Gasteiger charge is -2.37.